The third kappa shape index (κ3) is 3.54. The van der Waals surface area contributed by atoms with E-state index in [9.17, 15) is 4.79 Å². The summed E-state index contributed by atoms with van der Waals surface area (Å²) in [7, 11) is 0. The number of carbonyl (C=O) groups is 1. The molecule has 148 valence electrons. The van der Waals surface area contributed by atoms with Crippen LogP contribution >= 0.6 is 0 Å². The lowest BCUT2D eigenvalue weighted by molar-refractivity contribution is 0.0622. The molecule has 27 heavy (non-hydrogen) atoms. The number of nitrogens with zero attached hydrogens (tertiary/aromatic N) is 4. The number of amides is 1. The van der Waals surface area contributed by atoms with E-state index in [0.29, 0.717) is 17.7 Å². The van der Waals surface area contributed by atoms with Crippen molar-refractivity contribution in [1.82, 2.24) is 19.9 Å². The quantitative estimate of drug-likeness (QED) is 0.813. The van der Waals surface area contributed by atoms with Gasteiger partial charge in [-0.25, -0.2) is 0 Å². The maximum absolute atomic E-state index is 13.2. The molecule has 2 aliphatic carbocycles. The number of aromatic nitrogens is 1. The van der Waals surface area contributed by atoms with Crippen LogP contribution in [-0.2, 0) is 6.54 Å². The largest absolute Gasteiger partial charge is 0.359 e. The van der Waals surface area contributed by atoms with Gasteiger partial charge in [-0.2, -0.15) is 0 Å². The molecular formula is C21H32N4O2. The summed E-state index contributed by atoms with van der Waals surface area (Å²) in [5.41, 5.74) is 0.512. The molecule has 4 atom stereocenters. The number of rotatable bonds is 4. The summed E-state index contributed by atoms with van der Waals surface area (Å²) in [4.78, 5) is 20.2. The Labute approximate surface area is 161 Å². The number of carbonyl (C=O) groups excluding carboxylic acids is 1. The van der Waals surface area contributed by atoms with Gasteiger partial charge in [0.25, 0.3) is 5.91 Å². The minimum absolute atomic E-state index is 0.0963. The van der Waals surface area contributed by atoms with Crippen molar-refractivity contribution in [3.63, 3.8) is 0 Å². The highest BCUT2D eigenvalue weighted by molar-refractivity contribution is 5.92. The van der Waals surface area contributed by atoms with Gasteiger partial charge in [0.1, 0.15) is 0 Å². The smallest absolute Gasteiger partial charge is 0.276 e. The molecular weight excluding hydrogens is 340 g/mol. The zero-order chi connectivity index (χ0) is 18.4. The number of hydrogen-bond acceptors (Lipinski definition) is 5. The molecule has 4 heterocycles. The second kappa shape index (κ2) is 7.21. The van der Waals surface area contributed by atoms with Crippen LogP contribution in [0, 0.1) is 17.8 Å². The van der Waals surface area contributed by atoms with Gasteiger partial charge in [-0.1, -0.05) is 12.1 Å². The maximum Gasteiger partial charge on any atom is 0.276 e. The molecule has 0 N–H and O–H groups in total. The molecule has 0 spiro atoms. The van der Waals surface area contributed by atoms with Gasteiger partial charge in [0, 0.05) is 44.8 Å². The van der Waals surface area contributed by atoms with E-state index in [2.05, 4.69) is 26.8 Å². The Morgan fingerprint density at radius 2 is 1.70 bits per heavy atom. The van der Waals surface area contributed by atoms with Crippen molar-refractivity contribution >= 4 is 5.91 Å². The molecule has 5 aliphatic rings. The normalized spacial score (nSPS) is 34.2. The summed E-state index contributed by atoms with van der Waals surface area (Å²) in [6.07, 6.45) is 6.44. The Hall–Kier alpha value is -1.40. The lowest BCUT2D eigenvalue weighted by Gasteiger charge is -2.38. The summed E-state index contributed by atoms with van der Waals surface area (Å²) in [6.45, 7) is 9.34. The van der Waals surface area contributed by atoms with Crippen LogP contribution in [0.15, 0.2) is 10.6 Å². The van der Waals surface area contributed by atoms with Crippen LogP contribution in [0.3, 0.4) is 0 Å². The van der Waals surface area contributed by atoms with E-state index in [1.54, 1.807) is 0 Å². The zero-order valence-corrected chi connectivity index (χ0v) is 16.5. The first-order chi connectivity index (χ1) is 13.2. The summed E-state index contributed by atoms with van der Waals surface area (Å²) in [5, 5.41) is 4.16. The lowest BCUT2D eigenvalue weighted by Crippen LogP contribution is -2.45. The molecule has 2 saturated carbocycles. The highest BCUT2D eigenvalue weighted by Crippen LogP contribution is 2.47. The minimum atomic E-state index is 0.0963. The van der Waals surface area contributed by atoms with Gasteiger partial charge in [-0.15, -0.1) is 0 Å². The molecule has 1 aromatic rings. The van der Waals surface area contributed by atoms with Crippen LogP contribution in [0.2, 0.25) is 0 Å². The predicted molar refractivity (Wildman–Crippen MR) is 102 cm³/mol. The van der Waals surface area contributed by atoms with E-state index in [0.717, 1.165) is 63.4 Å². The number of hydrogen-bond donors (Lipinski definition) is 0. The van der Waals surface area contributed by atoms with Crippen LogP contribution in [0.4, 0.5) is 0 Å². The topological polar surface area (TPSA) is 52.8 Å². The van der Waals surface area contributed by atoms with Crippen molar-refractivity contribution < 1.29 is 9.32 Å². The average Bonchev–Trinajstić information content (AvgIpc) is 3.05. The molecule has 5 fully saturated rings. The molecule has 6 nitrogen and oxygen atoms in total. The molecule has 6 rings (SSSR count). The second-order valence-electron chi connectivity index (χ2n) is 9.28. The molecule has 3 aliphatic heterocycles. The van der Waals surface area contributed by atoms with Gasteiger partial charge in [0.15, 0.2) is 11.5 Å². The molecule has 2 unspecified atom stereocenters. The van der Waals surface area contributed by atoms with Crippen LogP contribution in [0.1, 0.15) is 55.3 Å². The van der Waals surface area contributed by atoms with Gasteiger partial charge in [-0.3, -0.25) is 9.69 Å². The lowest BCUT2D eigenvalue weighted by atomic mass is 9.68. The number of fused-ring (bicyclic) bond motifs is 1. The molecule has 1 aromatic heterocycles. The van der Waals surface area contributed by atoms with Gasteiger partial charge in [0.05, 0.1) is 6.54 Å². The summed E-state index contributed by atoms with van der Waals surface area (Å²) < 4.78 is 5.55. The van der Waals surface area contributed by atoms with Gasteiger partial charge in [0.2, 0.25) is 0 Å². The van der Waals surface area contributed by atoms with E-state index in [1.807, 2.05) is 6.07 Å². The zero-order valence-electron chi connectivity index (χ0n) is 16.5. The molecule has 0 radical (unpaired) electrons. The number of piperazine rings is 1. The third-order valence-corrected chi connectivity index (χ3v) is 7.44. The molecule has 0 aromatic carbocycles. The molecule has 4 bridgehead atoms. The molecule has 1 amide bonds. The Balaban J connectivity index is 1.24. The fraction of sp³-hybridized carbons (Fsp3) is 0.810. The first-order valence-corrected chi connectivity index (χ1v) is 10.9. The fourth-order valence-corrected chi connectivity index (χ4v) is 6.15. The fourth-order valence-electron chi connectivity index (χ4n) is 6.15. The number of likely N-dealkylation sites (N-methyl/N-ethyl adjacent to an activating group) is 1. The first-order valence-electron chi connectivity index (χ1n) is 10.9. The summed E-state index contributed by atoms with van der Waals surface area (Å²) >= 11 is 0. The third-order valence-electron chi connectivity index (χ3n) is 7.44. The maximum atomic E-state index is 13.2. The van der Waals surface area contributed by atoms with Crippen LogP contribution in [-0.4, -0.2) is 71.1 Å². The van der Waals surface area contributed by atoms with E-state index in [-0.39, 0.29) is 5.91 Å². The highest BCUT2D eigenvalue weighted by Gasteiger charge is 2.44. The Bertz CT molecular complexity index is 667. The van der Waals surface area contributed by atoms with Crippen molar-refractivity contribution in [1.29, 1.82) is 0 Å². The van der Waals surface area contributed by atoms with E-state index in [1.165, 1.54) is 32.1 Å². The predicted octanol–water partition coefficient (Wildman–Crippen LogP) is 2.46. The van der Waals surface area contributed by atoms with Gasteiger partial charge >= 0.3 is 0 Å². The summed E-state index contributed by atoms with van der Waals surface area (Å²) in [5.74, 6) is 3.31. The highest BCUT2D eigenvalue weighted by atomic mass is 16.5. The SMILES string of the molecule is CCN1CCN(Cc2cc(C(=O)N3CC4C[C@@H]5CC3C[C@H](C4)C5)no2)CC1. The Kier molecular flexibility index (Phi) is 4.72. The van der Waals surface area contributed by atoms with E-state index < -0.39 is 0 Å². The van der Waals surface area contributed by atoms with Crippen LogP contribution < -0.4 is 0 Å². The van der Waals surface area contributed by atoms with Gasteiger partial charge in [-0.05, 0) is 56.4 Å². The van der Waals surface area contributed by atoms with Crippen LogP contribution in [0.5, 0.6) is 0 Å². The van der Waals surface area contributed by atoms with E-state index in [4.69, 9.17) is 4.52 Å². The second-order valence-corrected chi connectivity index (χ2v) is 9.28. The molecule has 3 saturated heterocycles. The Morgan fingerprint density at radius 3 is 2.41 bits per heavy atom. The van der Waals surface area contributed by atoms with Crippen molar-refractivity contribution in [2.75, 3.05) is 39.3 Å². The summed E-state index contributed by atoms with van der Waals surface area (Å²) in [6, 6.07) is 2.32. The average molecular weight is 373 g/mol. The minimum Gasteiger partial charge on any atom is -0.359 e. The van der Waals surface area contributed by atoms with Crippen molar-refractivity contribution in [3.8, 4) is 0 Å². The van der Waals surface area contributed by atoms with Crippen molar-refractivity contribution in [2.24, 2.45) is 17.8 Å². The van der Waals surface area contributed by atoms with Crippen molar-refractivity contribution in [3.05, 3.63) is 17.5 Å². The molecule has 6 heteroatoms. The Morgan fingerprint density at radius 1 is 1.04 bits per heavy atom. The van der Waals surface area contributed by atoms with E-state index >= 15 is 0 Å². The van der Waals surface area contributed by atoms with Gasteiger partial charge < -0.3 is 14.3 Å². The standard InChI is InChI=1S/C21H32N4O2/c1-2-23-3-5-24(6-4-23)14-19-12-20(22-27-19)21(26)25-13-17-8-15-7-16(9-17)11-18(25)10-15/h12,15-18H,2-11,13-14H2,1H3/t15-,16+,17?,18?. The first kappa shape index (κ1) is 17.7. The monoisotopic (exact) mass is 372 g/mol. The van der Waals surface area contributed by atoms with Crippen molar-refractivity contribution in [2.45, 2.75) is 51.6 Å². The van der Waals surface area contributed by atoms with Crippen LogP contribution in [0.25, 0.3) is 0 Å².